The van der Waals surface area contributed by atoms with Crippen molar-refractivity contribution in [2.45, 2.75) is 12.5 Å². The lowest BCUT2D eigenvalue weighted by Gasteiger charge is -2.11. The number of hydrogen-bond donors (Lipinski definition) is 3. The van der Waals surface area contributed by atoms with E-state index in [1.807, 2.05) is 18.2 Å². The third kappa shape index (κ3) is 4.76. The van der Waals surface area contributed by atoms with Crippen molar-refractivity contribution in [1.82, 2.24) is 5.32 Å². The first-order valence-electron chi connectivity index (χ1n) is 5.98. The summed E-state index contributed by atoms with van der Waals surface area (Å²) in [6.07, 6.45) is 0.757. The van der Waals surface area contributed by atoms with E-state index in [1.165, 1.54) is 0 Å². The van der Waals surface area contributed by atoms with Crippen LogP contribution in [-0.4, -0.2) is 44.4 Å². The van der Waals surface area contributed by atoms with Crippen molar-refractivity contribution >= 4 is 5.97 Å². The van der Waals surface area contributed by atoms with Crippen LogP contribution >= 0.6 is 0 Å². The maximum absolute atomic E-state index is 10.5. The molecule has 0 fully saturated rings. The van der Waals surface area contributed by atoms with Gasteiger partial charge in [0.15, 0.2) is 11.5 Å². The molecule has 0 aliphatic heterocycles. The van der Waals surface area contributed by atoms with E-state index in [2.05, 4.69) is 5.32 Å². The van der Waals surface area contributed by atoms with Crippen molar-refractivity contribution in [1.29, 1.82) is 0 Å². The van der Waals surface area contributed by atoms with Crippen molar-refractivity contribution < 1.29 is 19.4 Å². The highest BCUT2D eigenvalue weighted by Crippen LogP contribution is 2.27. The Morgan fingerprint density at radius 2 is 2.05 bits per heavy atom. The molecule has 6 nitrogen and oxygen atoms in total. The van der Waals surface area contributed by atoms with Crippen LogP contribution in [0.1, 0.15) is 5.56 Å². The Bertz CT molecular complexity index is 423. The quantitative estimate of drug-likeness (QED) is 0.585. The summed E-state index contributed by atoms with van der Waals surface area (Å²) < 4.78 is 10.4. The Morgan fingerprint density at radius 3 is 2.63 bits per heavy atom. The highest BCUT2D eigenvalue weighted by Gasteiger charge is 2.10. The topological polar surface area (TPSA) is 93.8 Å². The number of nitrogens with two attached hydrogens (primary N) is 1. The summed E-state index contributed by atoms with van der Waals surface area (Å²) in [5.74, 6) is 0.368. The number of nitrogens with one attached hydrogen (secondary N) is 1. The Kier molecular flexibility index (Phi) is 6.11. The Labute approximate surface area is 112 Å². The van der Waals surface area contributed by atoms with Crippen molar-refractivity contribution in [2.75, 3.05) is 27.3 Å². The molecule has 106 valence electrons. The number of ether oxygens (including phenoxy) is 2. The maximum Gasteiger partial charge on any atom is 0.321 e. The van der Waals surface area contributed by atoms with E-state index in [9.17, 15) is 4.79 Å². The molecule has 0 aromatic heterocycles. The molecule has 4 N–H and O–H groups in total. The van der Waals surface area contributed by atoms with E-state index in [0.717, 1.165) is 12.0 Å². The van der Waals surface area contributed by atoms with Gasteiger partial charge in [-0.15, -0.1) is 0 Å². The fourth-order valence-electron chi connectivity index (χ4n) is 1.61. The molecule has 1 rings (SSSR count). The van der Waals surface area contributed by atoms with Crippen LogP contribution in [0.5, 0.6) is 11.5 Å². The summed E-state index contributed by atoms with van der Waals surface area (Å²) in [5.41, 5.74) is 6.46. The van der Waals surface area contributed by atoms with Gasteiger partial charge >= 0.3 is 5.97 Å². The molecule has 0 saturated heterocycles. The number of hydrogen-bond acceptors (Lipinski definition) is 5. The van der Waals surface area contributed by atoms with Crippen LogP contribution in [0.15, 0.2) is 18.2 Å². The van der Waals surface area contributed by atoms with Crippen LogP contribution in [0.25, 0.3) is 0 Å². The normalized spacial score (nSPS) is 11.9. The van der Waals surface area contributed by atoms with Gasteiger partial charge in [0, 0.05) is 6.54 Å². The minimum atomic E-state index is -1.00. The first-order valence-corrected chi connectivity index (χ1v) is 5.98. The first kappa shape index (κ1) is 15.3. The van der Waals surface area contributed by atoms with E-state index < -0.39 is 12.0 Å². The molecule has 1 atom stereocenters. The fraction of sp³-hybridized carbons (Fsp3) is 0.462. The largest absolute Gasteiger partial charge is 0.493 e. The van der Waals surface area contributed by atoms with E-state index in [0.29, 0.717) is 18.0 Å². The second-order valence-electron chi connectivity index (χ2n) is 4.09. The summed E-state index contributed by atoms with van der Waals surface area (Å²) in [4.78, 5) is 10.5. The second kappa shape index (κ2) is 7.60. The van der Waals surface area contributed by atoms with Gasteiger partial charge in [-0.25, -0.2) is 0 Å². The molecule has 1 unspecified atom stereocenters. The summed E-state index contributed by atoms with van der Waals surface area (Å²) >= 11 is 0. The van der Waals surface area contributed by atoms with Gasteiger partial charge in [0.25, 0.3) is 0 Å². The maximum atomic E-state index is 10.5. The summed E-state index contributed by atoms with van der Waals surface area (Å²) in [6, 6.07) is 4.82. The van der Waals surface area contributed by atoms with E-state index in [1.54, 1.807) is 14.2 Å². The molecule has 0 spiro atoms. The molecule has 0 heterocycles. The number of carboxylic acids is 1. The van der Waals surface area contributed by atoms with Crippen LogP contribution in [0.2, 0.25) is 0 Å². The van der Waals surface area contributed by atoms with Gasteiger partial charge in [-0.1, -0.05) is 6.07 Å². The smallest absolute Gasteiger partial charge is 0.321 e. The summed E-state index contributed by atoms with van der Waals surface area (Å²) in [6.45, 7) is 0.902. The molecule has 1 aromatic carbocycles. The highest BCUT2D eigenvalue weighted by molar-refractivity contribution is 5.73. The van der Waals surface area contributed by atoms with Gasteiger partial charge in [-0.2, -0.15) is 0 Å². The highest BCUT2D eigenvalue weighted by atomic mass is 16.5. The zero-order valence-electron chi connectivity index (χ0n) is 11.2. The SMILES string of the molecule is COc1ccc(CCNCC(N)C(=O)O)cc1OC. The van der Waals surface area contributed by atoms with Gasteiger partial charge in [0.2, 0.25) is 0 Å². The molecule has 1 aromatic rings. The third-order valence-electron chi connectivity index (χ3n) is 2.72. The number of rotatable bonds is 8. The van der Waals surface area contributed by atoms with Crippen LogP contribution < -0.4 is 20.5 Å². The molecule has 0 radical (unpaired) electrons. The zero-order chi connectivity index (χ0) is 14.3. The summed E-state index contributed by atoms with van der Waals surface area (Å²) in [7, 11) is 3.18. The van der Waals surface area contributed by atoms with Gasteiger partial charge in [-0.05, 0) is 30.7 Å². The molecule has 6 heteroatoms. The number of aliphatic carboxylic acids is 1. The van der Waals surface area contributed by atoms with Crippen molar-refractivity contribution in [3.05, 3.63) is 23.8 Å². The predicted octanol–water partition coefficient (Wildman–Crippen LogP) is 0.248. The predicted molar refractivity (Wildman–Crippen MR) is 71.7 cm³/mol. The first-order chi connectivity index (χ1) is 9.08. The fourth-order valence-corrected chi connectivity index (χ4v) is 1.61. The number of carbonyl (C=O) groups is 1. The lowest BCUT2D eigenvalue weighted by Crippen LogP contribution is -2.40. The molecule has 0 amide bonds. The van der Waals surface area contributed by atoms with Crippen LogP contribution in [0.4, 0.5) is 0 Å². The van der Waals surface area contributed by atoms with Crippen molar-refractivity contribution in [3.63, 3.8) is 0 Å². The van der Waals surface area contributed by atoms with Gasteiger partial charge in [0.1, 0.15) is 6.04 Å². The van der Waals surface area contributed by atoms with Gasteiger partial charge in [-0.3, -0.25) is 4.79 Å². The molecular formula is C13H20N2O4. The molecule has 19 heavy (non-hydrogen) atoms. The van der Waals surface area contributed by atoms with E-state index in [-0.39, 0.29) is 6.54 Å². The Hall–Kier alpha value is -1.79. The second-order valence-corrected chi connectivity index (χ2v) is 4.09. The van der Waals surface area contributed by atoms with Gasteiger partial charge < -0.3 is 25.6 Å². The number of methoxy groups -OCH3 is 2. The van der Waals surface area contributed by atoms with Crippen LogP contribution in [-0.2, 0) is 11.2 Å². The average Bonchev–Trinajstić information content (AvgIpc) is 2.42. The van der Waals surface area contributed by atoms with Gasteiger partial charge in [0.05, 0.1) is 14.2 Å². The number of benzene rings is 1. The average molecular weight is 268 g/mol. The Balaban J connectivity index is 2.43. The lowest BCUT2D eigenvalue weighted by atomic mass is 10.1. The van der Waals surface area contributed by atoms with Crippen LogP contribution in [0.3, 0.4) is 0 Å². The molecular weight excluding hydrogens is 248 g/mol. The Morgan fingerprint density at radius 1 is 1.37 bits per heavy atom. The third-order valence-corrected chi connectivity index (χ3v) is 2.72. The van der Waals surface area contributed by atoms with E-state index >= 15 is 0 Å². The standard InChI is InChI=1S/C13H20N2O4/c1-18-11-4-3-9(7-12(11)19-2)5-6-15-8-10(14)13(16)17/h3-4,7,10,15H,5-6,8,14H2,1-2H3,(H,16,17). The zero-order valence-corrected chi connectivity index (χ0v) is 11.2. The minimum absolute atomic E-state index is 0.253. The summed E-state index contributed by atoms with van der Waals surface area (Å²) in [5, 5.41) is 11.6. The monoisotopic (exact) mass is 268 g/mol. The molecule has 0 bridgehead atoms. The number of carboxylic acid groups (broad SMARTS) is 1. The molecule has 0 aliphatic rings. The van der Waals surface area contributed by atoms with Crippen LogP contribution in [0, 0.1) is 0 Å². The lowest BCUT2D eigenvalue weighted by molar-refractivity contribution is -0.138. The molecule has 0 saturated carbocycles. The van der Waals surface area contributed by atoms with E-state index in [4.69, 9.17) is 20.3 Å². The van der Waals surface area contributed by atoms with Crippen molar-refractivity contribution in [2.24, 2.45) is 5.73 Å². The molecule has 0 aliphatic carbocycles. The van der Waals surface area contributed by atoms with Crippen molar-refractivity contribution in [3.8, 4) is 11.5 Å². The minimum Gasteiger partial charge on any atom is -0.493 e.